The number of nitrogens with zero attached hydrogens (tertiary/aromatic N) is 3. The molecule has 128 valence electrons. The lowest BCUT2D eigenvalue weighted by molar-refractivity contribution is -0.137. The molecule has 0 atom stereocenters. The van der Waals surface area contributed by atoms with Crippen LogP contribution in [0.5, 0.6) is 0 Å². The molecule has 1 N–H and O–H groups in total. The molecule has 0 saturated heterocycles. The number of carbonyl (C=O) groups excluding carboxylic acids is 1. The van der Waals surface area contributed by atoms with Crippen LogP contribution in [0.15, 0.2) is 36.8 Å². The lowest BCUT2D eigenvalue weighted by Crippen LogP contribution is -2.25. The maximum atomic E-state index is 13.0. The largest absolute Gasteiger partial charge is 0.416 e. The van der Waals surface area contributed by atoms with E-state index in [9.17, 15) is 18.0 Å². The normalized spacial score (nSPS) is 11.2. The van der Waals surface area contributed by atoms with Crippen molar-refractivity contribution >= 4 is 17.3 Å². The first kappa shape index (κ1) is 17.7. The summed E-state index contributed by atoms with van der Waals surface area (Å²) >= 11 is 0. The van der Waals surface area contributed by atoms with Crippen molar-refractivity contribution in [2.45, 2.75) is 20.0 Å². The number of anilines is 2. The summed E-state index contributed by atoms with van der Waals surface area (Å²) in [5, 5.41) is 2.51. The Hall–Kier alpha value is -2.64. The smallest absolute Gasteiger partial charge is 0.370 e. The third kappa shape index (κ3) is 4.01. The molecule has 8 heteroatoms. The quantitative estimate of drug-likeness (QED) is 0.905. The van der Waals surface area contributed by atoms with Crippen LogP contribution >= 0.6 is 0 Å². The zero-order valence-corrected chi connectivity index (χ0v) is 13.3. The van der Waals surface area contributed by atoms with Crippen molar-refractivity contribution in [1.29, 1.82) is 0 Å². The first-order valence-corrected chi connectivity index (χ1v) is 7.40. The van der Waals surface area contributed by atoms with E-state index in [2.05, 4.69) is 15.3 Å². The number of halogens is 3. The molecule has 2 aromatic rings. The minimum absolute atomic E-state index is 0.0282. The molecule has 0 fully saturated rings. The van der Waals surface area contributed by atoms with Crippen LogP contribution in [0, 0.1) is 0 Å². The molecule has 0 aliphatic rings. The maximum Gasteiger partial charge on any atom is 0.416 e. The highest BCUT2D eigenvalue weighted by molar-refractivity contribution is 6.04. The maximum absolute atomic E-state index is 13.0. The molecule has 1 heterocycles. The van der Waals surface area contributed by atoms with Gasteiger partial charge in [0.05, 0.1) is 23.1 Å². The van der Waals surface area contributed by atoms with Crippen molar-refractivity contribution in [3.8, 4) is 0 Å². The van der Waals surface area contributed by atoms with Gasteiger partial charge in [0.15, 0.2) is 0 Å². The van der Waals surface area contributed by atoms with Gasteiger partial charge in [0.1, 0.15) is 5.69 Å². The molecule has 0 radical (unpaired) electrons. The van der Waals surface area contributed by atoms with Crippen molar-refractivity contribution in [3.05, 3.63) is 48.0 Å². The van der Waals surface area contributed by atoms with Crippen LogP contribution in [-0.4, -0.2) is 29.0 Å². The second-order valence-electron chi connectivity index (χ2n) is 4.95. The van der Waals surface area contributed by atoms with Crippen LogP contribution in [0.3, 0.4) is 0 Å². The molecular weight excluding hydrogens is 321 g/mol. The van der Waals surface area contributed by atoms with E-state index in [1.807, 2.05) is 18.7 Å². The molecule has 0 aliphatic heterocycles. The Labute approximate surface area is 137 Å². The molecule has 0 unspecified atom stereocenters. The van der Waals surface area contributed by atoms with E-state index in [-0.39, 0.29) is 11.4 Å². The molecule has 0 aliphatic carbocycles. The average Bonchev–Trinajstić information content (AvgIpc) is 2.57. The minimum Gasteiger partial charge on any atom is -0.370 e. The second kappa shape index (κ2) is 7.29. The Morgan fingerprint density at radius 2 is 1.92 bits per heavy atom. The fraction of sp³-hybridized carbons (Fsp3) is 0.312. The van der Waals surface area contributed by atoms with Crippen LogP contribution < -0.4 is 10.2 Å². The van der Waals surface area contributed by atoms with Crippen molar-refractivity contribution in [3.63, 3.8) is 0 Å². The number of benzene rings is 1. The molecule has 2 rings (SSSR count). The molecule has 0 spiro atoms. The first-order chi connectivity index (χ1) is 11.4. The molecular formula is C16H17F3N4O. The molecule has 0 saturated carbocycles. The number of rotatable bonds is 5. The number of nitrogens with one attached hydrogen (secondary N) is 1. The Morgan fingerprint density at radius 1 is 1.21 bits per heavy atom. The van der Waals surface area contributed by atoms with Gasteiger partial charge in [-0.15, -0.1) is 0 Å². The van der Waals surface area contributed by atoms with Gasteiger partial charge in [-0.05, 0) is 32.0 Å². The molecule has 5 nitrogen and oxygen atoms in total. The van der Waals surface area contributed by atoms with E-state index in [4.69, 9.17) is 0 Å². The third-order valence-corrected chi connectivity index (χ3v) is 3.47. The van der Waals surface area contributed by atoms with Gasteiger partial charge in [-0.1, -0.05) is 0 Å². The van der Waals surface area contributed by atoms with Gasteiger partial charge < -0.3 is 10.2 Å². The predicted octanol–water partition coefficient (Wildman–Crippen LogP) is 3.59. The van der Waals surface area contributed by atoms with E-state index >= 15 is 0 Å². The lowest BCUT2D eigenvalue weighted by atomic mass is 10.1. The van der Waals surface area contributed by atoms with Crippen LogP contribution in [0.1, 0.15) is 29.9 Å². The monoisotopic (exact) mass is 338 g/mol. The number of hydrogen-bond acceptors (Lipinski definition) is 4. The third-order valence-electron chi connectivity index (χ3n) is 3.47. The van der Waals surface area contributed by atoms with Crippen molar-refractivity contribution in [1.82, 2.24) is 9.97 Å². The van der Waals surface area contributed by atoms with Gasteiger partial charge in [0.25, 0.3) is 5.91 Å². The Balaban J connectivity index is 2.42. The number of amides is 1. The summed E-state index contributed by atoms with van der Waals surface area (Å²) in [6.45, 7) is 4.95. The Bertz CT molecular complexity index is 700. The number of hydrogen-bond donors (Lipinski definition) is 1. The summed E-state index contributed by atoms with van der Waals surface area (Å²) in [6, 6.07) is 3.30. The van der Waals surface area contributed by atoms with Gasteiger partial charge in [-0.25, -0.2) is 4.98 Å². The summed E-state index contributed by atoms with van der Waals surface area (Å²) in [4.78, 5) is 21.7. The fourth-order valence-corrected chi connectivity index (χ4v) is 2.26. The zero-order chi connectivity index (χ0) is 17.7. The highest BCUT2D eigenvalue weighted by Crippen LogP contribution is 2.35. The van der Waals surface area contributed by atoms with Crippen molar-refractivity contribution in [2.24, 2.45) is 0 Å². The number of aromatic nitrogens is 2. The Morgan fingerprint density at radius 3 is 2.46 bits per heavy atom. The fourth-order valence-electron chi connectivity index (χ4n) is 2.26. The molecule has 1 amide bonds. The number of alkyl halides is 3. The highest BCUT2D eigenvalue weighted by Gasteiger charge is 2.31. The van der Waals surface area contributed by atoms with E-state index in [1.165, 1.54) is 24.7 Å². The van der Waals surface area contributed by atoms with Crippen molar-refractivity contribution < 1.29 is 18.0 Å². The van der Waals surface area contributed by atoms with E-state index in [1.54, 1.807) is 0 Å². The highest BCUT2D eigenvalue weighted by atomic mass is 19.4. The van der Waals surface area contributed by atoms with Gasteiger partial charge in [0.2, 0.25) is 0 Å². The predicted molar refractivity (Wildman–Crippen MR) is 85.0 cm³/mol. The van der Waals surface area contributed by atoms with Gasteiger partial charge in [-0.3, -0.25) is 9.78 Å². The summed E-state index contributed by atoms with van der Waals surface area (Å²) in [5.41, 5.74) is -0.192. The summed E-state index contributed by atoms with van der Waals surface area (Å²) < 4.78 is 38.9. The lowest BCUT2D eigenvalue weighted by Gasteiger charge is -2.25. The molecule has 1 aromatic carbocycles. The van der Waals surface area contributed by atoms with Crippen LogP contribution in [0.2, 0.25) is 0 Å². The van der Waals surface area contributed by atoms with Crippen LogP contribution in [0.4, 0.5) is 24.5 Å². The zero-order valence-electron chi connectivity index (χ0n) is 13.3. The minimum atomic E-state index is -4.49. The van der Waals surface area contributed by atoms with Gasteiger partial charge in [-0.2, -0.15) is 13.2 Å². The van der Waals surface area contributed by atoms with E-state index in [0.717, 1.165) is 12.1 Å². The van der Waals surface area contributed by atoms with Gasteiger partial charge >= 0.3 is 6.18 Å². The van der Waals surface area contributed by atoms with E-state index < -0.39 is 17.6 Å². The summed E-state index contributed by atoms with van der Waals surface area (Å²) in [7, 11) is 0. The summed E-state index contributed by atoms with van der Waals surface area (Å²) in [6.07, 6.45) is -0.497. The van der Waals surface area contributed by atoms with E-state index in [0.29, 0.717) is 18.8 Å². The van der Waals surface area contributed by atoms with Gasteiger partial charge in [0, 0.05) is 25.5 Å². The average molecular weight is 338 g/mol. The van der Waals surface area contributed by atoms with Crippen molar-refractivity contribution in [2.75, 3.05) is 23.3 Å². The topological polar surface area (TPSA) is 58.1 Å². The SMILES string of the molecule is CCN(CC)c1ccc(C(F)(F)F)cc1NC(=O)c1cnccn1. The Kier molecular flexibility index (Phi) is 5.38. The van der Waals surface area contributed by atoms with Crippen LogP contribution in [0.25, 0.3) is 0 Å². The molecule has 0 bridgehead atoms. The second-order valence-corrected chi connectivity index (χ2v) is 4.95. The molecule has 24 heavy (non-hydrogen) atoms. The number of carbonyl (C=O) groups is 1. The van der Waals surface area contributed by atoms with Crippen LogP contribution in [-0.2, 0) is 6.18 Å². The summed E-state index contributed by atoms with van der Waals surface area (Å²) in [5.74, 6) is -0.615. The molecule has 1 aromatic heterocycles. The standard InChI is InChI=1S/C16H17F3N4O/c1-3-23(4-2)14-6-5-11(16(17,18)19)9-12(14)22-15(24)13-10-20-7-8-21-13/h5-10H,3-4H2,1-2H3,(H,22,24). The first-order valence-electron chi connectivity index (χ1n) is 7.40.